The molecule has 0 radical (unpaired) electrons. The van der Waals surface area contributed by atoms with Gasteiger partial charge in [0.2, 0.25) is 0 Å². The average molecular weight is 439 g/mol. The van der Waals surface area contributed by atoms with Crippen LogP contribution < -0.4 is 10.2 Å². The fourth-order valence-electron chi connectivity index (χ4n) is 4.46. The molecule has 32 heavy (non-hydrogen) atoms. The molecule has 2 aromatic carbocycles. The molecule has 1 fully saturated rings. The van der Waals surface area contributed by atoms with Gasteiger partial charge in [0.05, 0.1) is 11.7 Å². The lowest BCUT2D eigenvalue weighted by Crippen LogP contribution is -2.30. The monoisotopic (exact) mass is 438 g/mol. The van der Waals surface area contributed by atoms with E-state index in [1.54, 1.807) is 0 Å². The highest BCUT2D eigenvalue weighted by Crippen LogP contribution is 2.42. The maximum Gasteiger partial charge on any atom is 0.174 e. The van der Waals surface area contributed by atoms with Crippen molar-refractivity contribution in [1.82, 2.24) is 14.9 Å². The van der Waals surface area contributed by atoms with Crippen LogP contribution in [-0.2, 0) is 0 Å². The number of thiocarbonyl (C=S) groups is 1. The number of anilines is 1. The highest BCUT2D eigenvalue weighted by molar-refractivity contribution is 7.80. The Balaban J connectivity index is 1.68. The first kappa shape index (κ1) is 20.5. The lowest BCUT2D eigenvalue weighted by Gasteiger charge is -2.29. The van der Waals surface area contributed by atoms with E-state index in [-0.39, 0.29) is 12.1 Å². The lowest BCUT2D eigenvalue weighted by molar-refractivity contribution is 0.549. The molecule has 0 amide bonds. The van der Waals surface area contributed by atoms with E-state index in [0.29, 0.717) is 5.11 Å². The molecule has 4 aromatic rings. The normalized spacial score (nSPS) is 18.1. The van der Waals surface area contributed by atoms with Crippen LogP contribution in [-0.4, -0.2) is 14.7 Å². The van der Waals surface area contributed by atoms with Crippen LogP contribution in [0.1, 0.15) is 40.2 Å². The number of nitrogens with one attached hydrogen (secondary N) is 1. The summed E-state index contributed by atoms with van der Waals surface area (Å²) >= 11 is 5.87. The standard InChI is InChI=1S/C27H26N4S/c1-18-8-6-9-22(16-18)31-26(25(29-27(31)32)23-10-4-5-14-28-23)24-11-7-15-30(24)21-13-12-19(2)20(3)17-21/h4-17,25-26H,1-3H3,(H,29,32)/t25-,26+/m1/s1. The quantitative estimate of drug-likeness (QED) is 0.398. The first-order chi connectivity index (χ1) is 15.5. The van der Waals surface area contributed by atoms with Gasteiger partial charge in [-0.05, 0) is 98.2 Å². The molecule has 1 aliphatic rings. The Morgan fingerprint density at radius 2 is 1.72 bits per heavy atom. The van der Waals surface area contributed by atoms with Crippen molar-refractivity contribution in [3.8, 4) is 5.69 Å². The Bertz CT molecular complexity index is 1280. The van der Waals surface area contributed by atoms with E-state index in [0.717, 1.165) is 22.8 Å². The molecule has 5 rings (SSSR count). The van der Waals surface area contributed by atoms with Crippen LogP contribution >= 0.6 is 12.2 Å². The Hall–Kier alpha value is -3.44. The van der Waals surface area contributed by atoms with E-state index >= 15 is 0 Å². The first-order valence-electron chi connectivity index (χ1n) is 10.8. The Morgan fingerprint density at radius 1 is 0.844 bits per heavy atom. The second-order valence-electron chi connectivity index (χ2n) is 8.41. The van der Waals surface area contributed by atoms with Crippen molar-refractivity contribution in [1.29, 1.82) is 0 Å². The van der Waals surface area contributed by atoms with E-state index in [9.17, 15) is 0 Å². The van der Waals surface area contributed by atoms with Crippen LogP contribution in [0.5, 0.6) is 0 Å². The molecular weight excluding hydrogens is 412 g/mol. The van der Waals surface area contributed by atoms with Gasteiger partial charge in [0.1, 0.15) is 6.04 Å². The largest absolute Gasteiger partial charge is 0.351 e. The summed E-state index contributed by atoms with van der Waals surface area (Å²) in [7, 11) is 0. The van der Waals surface area contributed by atoms with Gasteiger partial charge >= 0.3 is 0 Å². The van der Waals surface area contributed by atoms with Gasteiger partial charge in [0.25, 0.3) is 0 Å². The number of aryl methyl sites for hydroxylation is 3. The summed E-state index contributed by atoms with van der Waals surface area (Å²) < 4.78 is 2.27. The summed E-state index contributed by atoms with van der Waals surface area (Å²) in [6.45, 7) is 6.41. The minimum atomic E-state index is -0.0654. The number of pyridine rings is 1. The summed E-state index contributed by atoms with van der Waals surface area (Å²) in [5.74, 6) is 0. The second-order valence-corrected chi connectivity index (χ2v) is 8.79. The van der Waals surface area contributed by atoms with Crippen LogP contribution in [0.2, 0.25) is 0 Å². The van der Waals surface area contributed by atoms with Crippen LogP contribution in [0.15, 0.2) is 85.2 Å². The molecule has 4 nitrogen and oxygen atoms in total. The van der Waals surface area contributed by atoms with Gasteiger partial charge in [-0.2, -0.15) is 0 Å². The molecule has 1 N–H and O–H groups in total. The van der Waals surface area contributed by atoms with Crippen molar-refractivity contribution >= 4 is 23.0 Å². The molecule has 3 heterocycles. The Kier molecular flexibility index (Phi) is 5.27. The lowest BCUT2D eigenvalue weighted by atomic mass is 10.00. The number of nitrogens with zero attached hydrogens (tertiary/aromatic N) is 3. The Morgan fingerprint density at radius 3 is 2.47 bits per heavy atom. The predicted molar refractivity (Wildman–Crippen MR) is 134 cm³/mol. The highest BCUT2D eigenvalue weighted by Gasteiger charge is 2.42. The minimum Gasteiger partial charge on any atom is -0.351 e. The Labute approximate surface area is 194 Å². The van der Waals surface area contributed by atoms with Gasteiger partial charge in [0, 0.05) is 29.5 Å². The molecule has 0 spiro atoms. The number of rotatable bonds is 4. The highest BCUT2D eigenvalue weighted by atomic mass is 32.1. The molecule has 2 atom stereocenters. The fraction of sp³-hybridized carbons (Fsp3) is 0.185. The van der Waals surface area contributed by atoms with E-state index in [2.05, 4.69) is 107 Å². The predicted octanol–water partition coefficient (Wildman–Crippen LogP) is 5.97. The minimum absolute atomic E-state index is 0.0455. The number of aromatic nitrogens is 2. The molecule has 1 aliphatic heterocycles. The van der Waals surface area contributed by atoms with Crippen molar-refractivity contribution in [2.24, 2.45) is 0 Å². The van der Waals surface area contributed by atoms with Gasteiger partial charge < -0.3 is 14.8 Å². The zero-order valence-electron chi connectivity index (χ0n) is 18.5. The molecule has 1 saturated heterocycles. The van der Waals surface area contributed by atoms with E-state index < -0.39 is 0 Å². The first-order valence-corrected chi connectivity index (χ1v) is 11.3. The van der Waals surface area contributed by atoms with Crippen LogP contribution in [0.3, 0.4) is 0 Å². The zero-order chi connectivity index (χ0) is 22.2. The van der Waals surface area contributed by atoms with Gasteiger partial charge in [0.15, 0.2) is 5.11 Å². The smallest absolute Gasteiger partial charge is 0.174 e. The topological polar surface area (TPSA) is 33.1 Å². The van der Waals surface area contributed by atoms with E-state index in [1.807, 2.05) is 18.3 Å². The van der Waals surface area contributed by atoms with Gasteiger partial charge in [-0.1, -0.05) is 24.3 Å². The maximum absolute atomic E-state index is 5.87. The molecule has 160 valence electrons. The summed E-state index contributed by atoms with van der Waals surface area (Å²) in [6.07, 6.45) is 3.97. The summed E-state index contributed by atoms with van der Waals surface area (Å²) in [5, 5.41) is 4.27. The van der Waals surface area contributed by atoms with Gasteiger partial charge in [-0.3, -0.25) is 4.98 Å². The SMILES string of the molecule is Cc1cccc(N2C(=S)N[C@H](c3ccccn3)[C@@H]2c2cccn2-c2ccc(C)c(C)c2)c1. The fourth-order valence-corrected chi connectivity index (χ4v) is 4.80. The molecule has 2 aromatic heterocycles. The average Bonchev–Trinajstić information content (AvgIpc) is 3.40. The maximum atomic E-state index is 5.87. The molecule has 0 saturated carbocycles. The summed E-state index contributed by atoms with van der Waals surface area (Å²) in [4.78, 5) is 6.90. The van der Waals surface area contributed by atoms with Crippen LogP contribution in [0.4, 0.5) is 5.69 Å². The molecule has 5 heteroatoms. The van der Waals surface area contributed by atoms with Crippen molar-refractivity contribution in [2.45, 2.75) is 32.9 Å². The van der Waals surface area contributed by atoms with Gasteiger partial charge in [-0.15, -0.1) is 0 Å². The third-order valence-electron chi connectivity index (χ3n) is 6.23. The molecule has 0 unspecified atom stereocenters. The molecule has 0 bridgehead atoms. The number of benzene rings is 2. The van der Waals surface area contributed by atoms with Gasteiger partial charge in [-0.25, -0.2) is 0 Å². The molecule has 0 aliphatic carbocycles. The summed E-state index contributed by atoms with van der Waals surface area (Å²) in [6, 6.07) is 25.3. The number of hydrogen-bond acceptors (Lipinski definition) is 2. The molecular formula is C27H26N4S. The van der Waals surface area contributed by atoms with Crippen molar-refractivity contribution in [2.75, 3.05) is 4.90 Å². The third-order valence-corrected chi connectivity index (χ3v) is 6.54. The van der Waals surface area contributed by atoms with Crippen molar-refractivity contribution < 1.29 is 0 Å². The third kappa shape index (κ3) is 3.59. The number of hydrogen-bond donors (Lipinski definition) is 1. The van der Waals surface area contributed by atoms with Crippen molar-refractivity contribution in [3.63, 3.8) is 0 Å². The van der Waals surface area contributed by atoms with Crippen molar-refractivity contribution in [3.05, 3.63) is 113 Å². The zero-order valence-corrected chi connectivity index (χ0v) is 19.3. The van der Waals surface area contributed by atoms with Crippen LogP contribution in [0, 0.1) is 20.8 Å². The van der Waals surface area contributed by atoms with Crippen LogP contribution in [0.25, 0.3) is 5.69 Å². The summed E-state index contributed by atoms with van der Waals surface area (Å²) in [5.41, 5.74) is 8.14. The second kappa shape index (κ2) is 8.24. The van der Waals surface area contributed by atoms with E-state index in [1.165, 1.54) is 16.7 Å². The van der Waals surface area contributed by atoms with E-state index in [4.69, 9.17) is 12.2 Å².